The maximum Gasteiger partial charge on any atom is 0.282 e. The first kappa shape index (κ1) is 14.9. The third kappa shape index (κ3) is 3.44. The van der Waals surface area contributed by atoms with Crippen LogP contribution in [0.2, 0.25) is 0 Å². The lowest BCUT2D eigenvalue weighted by molar-refractivity contribution is 0.296. The molecule has 1 saturated carbocycles. The van der Waals surface area contributed by atoms with E-state index < -0.39 is 10.2 Å². The van der Waals surface area contributed by atoms with E-state index in [0.717, 1.165) is 37.7 Å². The molecule has 1 aliphatic carbocycles. The van der Waals surface area contributed by atoms with Gasteiger partial charge in [-0.05, 0) is 43.4 Å². The molecule has 0 spiro atoms. The van der Waals surface area contributed by atoms with Crippen LogP contribution in [0.15, 0.2) is 24.3 Å². The predicted octanol–water partition coefficient (Wildman–Crippen LogP) is 2.52. The van der Waals surface area contributed by atoms with Crippen molar-refractivity contribution in [2.45, 2.75) is 44.7 Å². The van der Waals surface area contributed by atoms with E-state index in [1.54, 1.807) is 20.7 Å². The third-order valence-electron chi connectivity index (χ3n) is 4.14. The van der Waals surface area contributed by atoms with Gasteiger partial charge in [0.05, 0.1) is 0 Å². The van der Waals surface area contributed by atoms with Crippen LogP contribution in [0.3, 0.4) is 0 Å². The average Bonchev–Trinajstić information content (AvgIpc) is 3.32. The molecule has 1 aliphatic heterocycles. The summed E-state index contributed by atoms with van der Waals surface area (Å²) < 4.78 is 41.8. The van der Waals surface area contributed by atoms with Crippen molar-refractivity contribution >= 4 is 10.2 Å². The van der Waals surface area contributed by atoms with E-state index in [9.17, 15) is 12.8 Å². The van der Waals surface area contributed by atoms with Crippen LogP contribution in [0, 0.1) is 5.82 Å². The summed E-state index contributed by atoms with van der Waals surface area (Å²) in [4.78, 5) is 0. The van der Waals surface area contributed by atoms with Crippen LogP contribution in [0.1, 0.15) is 37.7 Å². The zero-order valence-corrected chi connectivity index (χ0v) is 12.9. The second-order valence-electron chi connectivity index (χ2n) is 5.87. The molecular formula is C15H21FN2O2S. The second kappa shape index (κ2) is 6.02. The smallest absolute Gasteiger partial charge is 0.207 e. The quantitative estimate of drug-likeness (QED) is 0.838. The highest BCUT2D eigenvalue weighted by Gasteiger charge is 2.40. The molecule has 0 radical (unpaired) electrons. The van der Waals surface area contributed by atoms with Gasteiger partial charge in [-0.1, -0.05) is 18.6 Å². The molecule has 116 valence electrons. The molecule has 0 bridgehead atoms. The molecule has 4 nitrogen and oxygen atoms in total. The Morgan fingerprint density at radius 1 is 1.10 bits per heavy atom. The van der Waals surface area contributed by atoms with E-state index in [1.165, 1.54) is 12.1 Å². The SMILES string of the molecule is O=S(=O)(N1CCCCC1)N(Cc1ccc(F)cc1)C1CC1. The van der Waals surface area contributed by atoms with E-state index in [4.69, 9.17) is 0 Å². The van der Waals surface area contributed by atoms with E-state index in [-0.39, 0.29) is 11.9 Å². The third-order valence-corrected chi connectivity index (χ3v) is 6.18. The first-order chi connectivity index (χ1) is 10.1. The number of nitrogens with zero attached hydrogens (tertiary/aromatic N) is 2. The van der Waals surface area contributed by atoms with E-state index >= 15 is 0 Å². The minimum Gasteiger partial charge on any atom is -0.207 e. The first-order valence-electron chi connectivity index (χ1n) is 7.59. The fraction of sp³-hybridized carbons (Fsp3) is 0.600. The fourth-order valence-electron chi connectivity index (χ4n) is 2.78. The van der Waals surface area contributed by atoms with Crippen LogP contribution in [-0.4, -0.2) is 36.2 Å². The van der Waals surface area contributed by atoms with Gasteiger partial charge in [0, 0.05) is 25.7 Å². The zero-order valence-electron chi connectivity index (χ0n) is 12.0. The van der Waals surface area contributed by atoms with Crippen molar-refractivity contribution in [2.75, 3.05) is 13.1 Å². The standard InChI is InChI=1S/C15H21FN2O2S/c16-14-6-4-13(5-7-14)12-18(15-8-9-15)21(19,20)17-10-2-1-3-11-17/h4-7,15H,1-3,8-12H2. The van der Waals surface area contributed by atoms with Gasteiger partial charge in [0.1, 0.15) is 5.82 Å². The summed E-state index contributed by atoms with van der Waals surface area (Å²) in [5.74, 6) is -0.296. The Hall–Kier alpha value is -0.980. The van der Waals surface area contributed by atoms with Gasteiger partial charge in [0.2, 0.25) is 0 Å². The van der Waals surface area contributed by atoms with Gasteiger partial charge in [-0.2, -0.15) is 17.0 Å². The molecule has 0 unspecified atom stereocenters. The van der Waals surface area contributed by atoms with Crippen molar-refractivity contribution in [3.05, 3.63) is 35.6 Å². The molecule has 21 heavy (non-hydrogen) atoms. The Balaban J connectivity index is 1.78. The van der Waals surface area contributed by atoms with Gasteiger partial charge in [0.15, 0.2) is 0 Å². The number of hydrogen-bond acceptors (Lipinski definition) is 2. The van der Waals surface area contributed by atoms with Gasteiger partial charge < -0.3 is 0 Å². The Bertz CT molecular complexity index is 578. The van der Waals surface area contributed by atoms with Gasteiger partial charge >= 0.3 is 0 Å². The van der Waals surface area contributed by atoms with Crippen LogP contribution in [0.25, 0.3) is 0 Å². The Labute approximate surface area is 125 Å². The average molecular weight is 312 g/mol. The lowest BCUT2D eigenvalue weighted by Gasteiger charge is -2.32. The summed E-state index contributed by atoms with van der Waals surface area (Å²) in [7, 11) is -3.40. The van der Waals surface area contributed by atoms with Gasteiger partial charge in [-0.15, -0.1) is 0 Å². The number of hydrogen-bond donors (Lipinski definition) is 0. The number of halogens is 1. The van der Waals surface area contributed by atoms with Crippen molar-refractivity contribution in [1.82, 2.24) is 8.61 Å². The summed E-state index contributed by atoms with van der Waals surface area (Å²) >= 11 is 0. The lowest BCUT2D eigenvalue weighted by Crippen LogP contribution is -2.46. The van der Waals surface area contributed by atoms with Gasteiger partial charge in [-0.25, -0.2) is 4.39 Å². The Morgan fingerprint density at radius 2 is 1.71 bits per heavy atom. The maximum atomic E-state index is 13.0. The van der Waals surface area contributed by atoms with Gasteiger partial charge in [-0.3, -0.25) is 0 Å². The zero-order chi connectivity index (χ0) is 14.9. The second-order valence-corrected chi connectivity index (χ2v) is 7.75. The topological polar surface area (TPSA) is 40.6 Å². The van der Waals surface area contributed by atoms with Crippen molar-refractivity contribution in [3.63, 3.8) is 0 Å². The predicted molar refractivity (Wildman–Crippen MR) is 79.3 cm³/mol. The molecule has 0 N–H and O–H groups in total. The molecule has 0 aromatic heterocycles. The molecule has 3 rings (SSSR count). The van der Waals surface area contributed by atoms with E-state index in [0.29, 0.717) is 19.6 Å². The van der Waals surface area contributed by atoms with Crippen LogP contribution >= 0.6 is 0 Å². The Morgan fingerprint density at radius 3 is 2.29 bits per heavy atom. The van der Waals surface area contributed by atoms with E-state index in [1.807, 2.05) is 0 Å². The molecule has 1 saturated heterocycles. The highest BCUT2D eigenvalue weighted by molar-refractivity contribution is 7.86. The maximum absolute atomic E-state index is 13.0. The monoisotopic (exact) mass is 312 g/mol. The summed E-state index contributed by atoms with van der Waals surface area (Å²) in [5, 5.41) is 0. The molecule has 2 aliphatic rings. The fourth-order valence-corrected chi connectivity index (χ4v) is 4.69. The largest absolute Gasteiger partial charge is 0.282 e. The molecule has 0 atom stereocenters. The van der Waals surface area contributed by atoms with Gasteiger partial charge in [0.25, 0.3) is 10.2 Å². The molecule has 0 amide bonds. The number of rotatable bonds is 5. The van der Waals surface area contributed by atoms with Crippen LogP contribution < -0.4 is 0 Å². The van der Waals surface area contributed by atoms with Crippen molar-refractivity contribution in [2.24, 2.45) is 0 Å². The minimum atomic E-state index is -3.40. The molecule has 1 aromatic carbocycles. The molecular weight excluding hydrogens is 291 g/mol. The molecule has 1 aromatic rings. The van der Waals surface area contributed by atoms with Crippen LogP contribution in [0.4, 0.5) is 4.39 Å². The minimum absolute atomic E-state index is 0.113. The number of benzene rings is 1. The molecule has 1 heterocycles. The normalized spacial score (nSPS) is 20.9. The van der Waals surface area contributed by atoms with E-state index in [2.05, 4.69) is 0 Å². The summed E-state index contributed by atoms with van der Waals surface area (Å²) in [6.07, 6.45) is 4.83. The molecule has 2 fully saturated rings. The van der Waals surface area contributed by atoms with Crippen molar-refractivity contribution < 1.29 is 12.8 Å². The summed E-state index contributed by atoms with van der Waals surface area (Å²) in [5.41, 5.74) is 0.837. The van der Waals surface area contributed by atoms with Crippen molar-refractivity contribution in [1.29, 1.82) is 0 Å². The van der Waals surface area contributed by atoms with Crippen LogP contribution in [-0.2, 0) is 16.8 Å². The summed E-state index contributed by atoms with van der Waals surface area (Å²) in [6, 6.07) is 6.20. The van der Waals surface area contributed by atoms with Crippen LogP contribution in [0.5, 0.6) is 0 Å². The summed E-state index contributed by atoms with van der Waals surface area (Å²) in [6.45, 7) is 1.58. The molecule has 6 heteroatoms. The lowest BCUT2D eigenvalue weighted by atomic mass is 10.2. The van der Waals surface area contributed by atoms with Crippen molar-refractivity contribution in [3.8, 4) is 0 Å². The number of piperidine rings is 1. The highest BCUT2D eigenvalue weighted by Crippen LogP contribution is 2.32. The first-order valence-corrected chi connectivity index (χ1v) is 8.98. The Kier molecular flexibility index (Phi) is 4.28. The highest BCUT2D eigenvalue weighted by atomic mass is 32.2.